The third kappa shape index (κ3) is 4.93. The van der Waals surface area contributed by atoms with Gasteiger partial charge in [-0.1, -0.05) is 30.3 Å². The van der Waals surface area contributed by atoms with E-state index in [1.165, 1.54) is 0 Å². The average molecular weight is 409 g/mol. The van der Waals surface area contributed by atoms with E-state index < -0.39 is 0 Å². The van der Waals surface area contributed by atoms with E-state index >= 15 is 0 Å². The maximum atomic E-state index is 12.8. The van der Waals surface area contributed by atoms with Gasteiger partial charge in [0.15, 0.2) is 0 Å². The van der Waals surface area contributed by atoms with Crippen molar-refractivity contribution in [2.24, 2.45) is 0 Å². The van der Waals surface area contributed by atoms with Gasteiger partial charge < -0.3 is 15.3 Å². The minimum Gasteiger partial charge on any atom is -0.508 e. The number of anilines is 1. The number of amides is 1. The Morgan fingerprint density at radius 1 is 1.07 bits per heavy atom. The number of hydrogen-bond donors (Lipinski definition) is 2. The zero-order valence-corrected chi connectivity index (χ0v) is 16.9. The summed E-state index contributed by atoms with van der Waals surface area (Å²) in [5.74, 6) is 0.282. The van der Waals surface area contributed by atoms with Crippen LogP contribution in [0.5, 0.6) is 5.75 Å². The second-order valence-electron chi connectivity index (χ2n) is 7.06. The Morgan fingerprint density at radius 2 is 1.79 bits per heavy atom. The van der Waals surface area contributed by atoms with E-state index in [-0.39, 0.29) is 17.7 Å². The maximum absolute atomic E-state index is 12.8. The second-order valence-corrected chi connectivity index (χ2v) is 7.99. The minimum absolute atomic E-state index is 0.00661. The lowest BCUT2D eigenvalue weighted by Crippen LogP contribution is -2.49. The van der Waals surface area contributed by atoms with Crippen molar-refractivity contribution in [3.05, 3.63) is 76.7 Å². The van der Waals surface area contributed by atoms with Crippen LogP contribution in [-0.2, 0) is 4.79 Å². The van der Waals surface area contributed by atoms with Gasteiger partial charge in [-0.05, 0) is 29.8 Å². The van der Waals surface area contributed by atoms with E-state index in [0.717, 1.165) is 42.4 Å². The molecular formula is C22H24N4O2S. The van der Waals surface area contributed by atoms with Crippen LogP contribution in [0.1, 0.15) is 16.6 Å². The number of phenolic OH excluding ortho intramolecular Hbond substituents is 1. The van der Waals surface area contributed by atoms with Gasteiger partial charge in [-0.2, -0.15) is 0 Å². The summed E-state index contributed by atoms with van der Waals surface area (Å²) < 4.78 is 0. The average Bonchev–Trinajstić information content (AvgIpc) is 3.28. The molecular weight excluding hydrogens is 384 g/mol. The van der Waals surface area contributed by atoms with E-state index in [0.29, 0.717) is 6.54 Å². The quantitative estimate of drug-likeness (QED) is 0.656. The lowest BCUT2D eigenvalue weighted by molar-refractivity contribution is -0.122. The van der Waals surface area contributed by atoms with Gasteiger partial charge in [0.05, 0.1) is 6.54 Å². The fourth-order valence-corrected chi connectivity index (χ4v) is 4.26. The normalized spacial score (nSPS) is 15.8. The van der Waals surface area contributed by atoms with Crippen LogP contribution in [0.15, 0.2) is 66.2 Å². The number of thiazole rings is 1. The molecule has 3 aromatic rings. The van der Waals surface area contributed by atoms with Gasteiger partial charge in [-0.25, -0.2) is 4.98 Å². The molecule has 0 aliphatic carbocycles. The zero-order valence-electron chi connectivity index (χ0n) is 16.1. The first kappa shape index (κ1) is 19.4. The number of carbonyl (C=O) groups excluding carboxylic acids is 1. The van der Waals surface area contributed by atoms with Crippen LogP contribution in [0.4, 0.5) is 5.69 Å². The molecule has 1 saturated heterocycles. The summed E-state index contributed by atoms with van der Waals surface area (Å²) >= 11 is 1.55. The number of nitrogens with one attached hydrogen (secondary N) is 1. The first-order valence-corrected chi connectivity index (χ1v) is 10.6. The molecule has 1 aromatic heterocycles. The highest BCUT2D eigenvalue weighted by Gasteiger charge is 2.23. The van der Waals surface area contributed by atoms with E-state index in [4.69, 9.17) is 0 Å². The molecule has 0 spiro atoms. The van der Waals surface area contributed by atoms with Crippen LogP contribution < -0.4 is 10.2 Å². The van der Waals surface area contributed by atoms with Gasteiger partial charge in [-0.15, -0.1) is 11.3 Å². The van der Waals surface area contributed by atoms with Crippen LogP contribution in [0.25, 0.3) is 0 Å². The van der Waals surface area contributed by atoms with Gasteiger partial charge in [0.2, 0.25) is 5.91 Å². The molecule has 2 N–H and O–H groups in total. The highest BCUT2D eigenvalue weighted by Crippen LogP contribution is 2.24. The van der Waals surface area contributed by atoms with E-state index in [1.807, 2.05) is 47.8 Å². The topological polar surface area (TPSA) is 68.7 Å². The molecule has 29 heavy (non-hydrogen) atoms. The number of hydrogen-bond acceptors (Lipinski definition) is 6. The molecule has 1 atom stereocenters. The summed E-state index contributed by atoms with van der Waals surface area (Å²) in [6, 6.07) is 17.0. The Morgan fingerprint density at radius 3 is 2.45 bits per heavy atom. The molecule has 6 nitrogen and oxygen atoms in total. The van der Waals surface area contributed by atoms with Gasteiger partial charge in [0.25, 0.3) is 0 Å². The fraction of sp³-hybridized carbons (Fsp3) is 0.273. The Hall–Kier alpha value is -2.90. The molecule has 1 aliphatic heterocycles. The van der Waals surface area contributed by atoms with Crippen molar-refractivity contribution in [1.29, 1.82) is 0 Å². The SMILES string of the molecule is O=C(CN1CCN(c2ccc(O)cc2)CC1)NC(c1ccccc1)c1nccs1. The van der Waals surface area contributed by atoms with Gasteiger partial charge in [-0.3, -0.25) is 9.69 Å². The van der Waals surface area contributed by atoms with Crippen molar-refractivity contribution in [2.75, 3.05) is 37.6 Å². The van der Waals surface area contributed by atoms with Crippen LogP contribution in [-0.4, -0.2) is 53.6 Å². The molecule has 0 bridgehead atoms. The number of nitrogens with zero attached hydrogens (tertiary/aromatic N) is 3. The number of phenols is 1. The van der Waals surface area contributed by atoms with Crippen molar-refractivity contribution < 1.29 is 9.90 Å². The van der Waals surface area contributed by atoms with Crippen LogP contribution >= 0.6 is 11.3 Å². The lowest BCUT2D eigenvalue weighted by Gasteiger charge is -2.36. The number of benzene rings is 2. The Bertz CT molecular complexity index is 908. The van der Waals surface area contributed by atoms with Crippen LogP contribution in [0, 0.1) is 0 Å². The first-order valence-electron chi connectivity index (χ1n) is 9.69. The third-order valence-corrected chi connectivity index (χ3v) is 5.93. The fourth-order valence-electron chi connectivity index (χ4n) is 3.55. The third-order valence-electron chi connectivity index (χ3n) is 5.09. The van der Waals surface area contributed by atoms with Crippen molar-refractivity contribution in [1.82, 2.24) is 15.2 Å². The molecule has 4 rings (SSSR count). The highest BCUT2D eigenvalue weighted by molar-refractivity contribution is 7.09. The summed E-state index contributed by atoms with van der Waals surface area (Å²) in [6.07, 6.45) is 1.77. The van der Waals surface area contributed by atoms with Crippen molar-refractivity contribution in [2.45, 2.75) is 6.04 Å². The number of piperazine rings is 1. The Balaban J connectivity index is 1.34. The summed E-state index contributed by atoms with van der Waals surface area (Å²) in [5, 5.41) is 15.4. The molecule has 0 saturated carbocycles. The molecule has 2 aromatic carbocycles. The summed E-state index contributed by atoms with van der Waals surface area (Å²) in [5.41, 5.74) is 2.13. The summed E-state index contributed by atoms with van der Waals surface area (Å²) in [7, 11) is 0. The minimum atomic E-state index is -0.220. The summed E-state index contributed by atoms with van der Waals surface area (Å²) in [6.45, 7) is 3.72. The summed E-state index contributed by atoms with van der Waals surface area (Å²) in [4.78, 5) is 21.6. The van der Waals surface area contributed by atoms with Crippen molar-refractivity contribution >= 4 is 22.9 Å². The molecule has 1 aliphatic rings. The Labute approximate surface area is 174 Å². The smallest absolute Gasteiger partial charge is 0.235 e. The van der Waals surface area contributed by atoms with E-state index in [1.54, 1.807) is 29.7 Å². The van der Waals surface area contributed by atoms with E-state index in [2.05, 4.69) is 20.1 Å². The molecule has 0 radical (unpaired) electrons. The van der Waals surface area contributed by atoms with Gasteiger partial charge >= 0.3 is 0 Å². The molecule has 2 heterocycles. The molecule has 1 amide bonds. The standard InChI is InChI=1S/C22H24N4O2S/c27-19-8-6-18(7-9-19)26-13-11-25(12-14-26)16-20(28)24-21(22-23-10-15-29-22)17-4-2-1-3-5-17/h1-10,15,21,27H,11-14,16H2,(H,24,28). The van der Waals surface area contributed by atoms with Crippen LogP contribution in [0.3, 0.4) is 0 Å². The predicted molar refractivity (Wildman–Crippen MR) is 115 cm³/mol. The second kappa shape index (κ2) is 9.07. The predicted octanol–water partition coefficient (Wildman–Crippen LogP) is 2.88. The lowest BCUT2D eigenvalue weighted by atomic mass is 10.1. The van der Waals surface area contributed by atoms with E-state index in [9.17, 15) is 9.90 Å². The number of aromatic hydroxyl groups is 1. The monoisotopic (exact) mass is 408 g/mol. The molecule has 1 fully saturated rings. The zero-order chi connectivity index (χ0) is 20.1. The van der Waals surface area contributed by atoms with Crippen molar-refractivity contribution in [3.63, 3.8) is 0 Å². The Kier molecular flexibility index (Phi) is 6.07. The molecule has 150 valence electrons. The first-order chi connectivity index (χ1) is 14.2. The van der Waals surface area contributed by atoms with Gasteiger partial charge in [0.1, 0.15) is 16.8 Å². The van der Waals surface area contributed by atoms with Crippen LogP contribution in [0.2, 0.25) is 0 Å². The largest absolute Gasteiger partial charge is 0.508 e. The number of aromatic nitrogens is 1. The molecule has 1 unspecified atom stereocenters. The maximum Gasteiger partial charge on any atom is 0.235 e. The van der Waals surface area contributed by atoms with Gasteiger partial charge in [0, 0.05) is 43.4 Å². The van der Waals surface area contributed by atoms with Crippen molar-refractivity contribution in [3.8, 4) is 5.75 Å². The molecule has 7 heteroatoms. The highest BCUT2D eigenvalue weighted by atomic mass is 32.1. The number of carbonyl (C=O) groups is 1. The number of rotatable bonds is 6.